The summed E-state index contributed by atoms with van der Waals surface area (Å²) in [4.78, 5) is 34.5. The molecule has 1 aromatic carbocycles. The van der Waals surface area contributed by atoms with Crippen molar-refractivity contribution >= 4 is 17.8 Å². The lowest BCUT2D eigenvalue weighted by Gasteiger charge is -2.28. The Morgan fingerprint density at radius 2 is 1.83 bits per heavy atom. The van der Waals surface area contributed by atoms with E-state index in [9.17, 15) is 14.4 Å². The van der Waals surface area contributed by atoms with Crippen molar-refractivity contribution < 1.29 is 28.6 Å². The lowest BCUT2D eigenvalue weighted by Crippen LogP contribution is -2.41. The van der Waals surface area contributed by atoms with Gasteiger partial charge >= 0.3 is 11.9 Å². The van der Waals surface area contributed by atoms with Crippen molar-refractivity contribution in [1.82, 2.24) is 5.32 Å². The molecule has 7 heteroatoms. The number of aliphatic carboxylic acids is 1. The van der Waals surface area contributed by atoms with Gasteiger partial charge < -0.3 is 15.2 Å². The summed E-state index contributed by atoms with van der Waals surface area (Å²) < 4.78 is 20.2. The Morgan fingerprint density at radius 1 is 1.17 bits per heavy atom. The van der Waals surface area contributed by atoms with Crippen LogP contribution in [-0.4, -0.2) is 41.3 Å². The Balaban J connectivity index is 2.04. The summed E-state index contributed by atoms with van der Waals surface area (Å²) in [5.74, 6) is -2.25. The van der Waals surface area contributed by atoms with E-state index in [1.807, 2.05) is 30.3 Å². The number of ether oxygens (including phenoxy) is 1. The number of benzene rings is 1. The van der Waals surface area contributed by atoms with Crippen LogP contribution in [0, 0.1) is 0 Å². The van der Waals surface area contributed by atoms with E-state index in [1.165, 1.54) is 12.2 Å². The van der Waals surface area contributed by atoms with E-state index in [1.54, 1.807) is 19.1 Å². The van der Waals surface area contributed by atoms with Crippen LogP contribution in [0.1, 0.15) is 44.1 Å². The highest BCUT2D eigenvalue weighted by Crippen LogP contribution is 2.32. The minimum Gasteiger partial charge on any atom is -0.481 e. The number of hydrogen-bond donors (Lipinski definition) is 2. The Kier molecular flexibility index (Phi) is 8.12. The first kappa shape index (κ1) is 22.3. The Bertz CT molecular complexity index is 761. The summed E-state index contributed by atoms with van der Waals surface area (Å²) in [5, 5.41) is 11.3. The Labute approximate surface area is 169 Å². The molecule has 0 saturated heterocycles. The molecule has 1 aliphatic rings. The number of esters is 1. The molecule has 1 aromatic rings. The van der Waals surface area contributed by atoms with Crippen LogP contribution in [0.3, 0.4) is 0 Å². The lowest BCUT2D eigenvalue weighted by atomic mass is 9.85. The Morgan fingerprint density at radius 3 is 2.41 bits per heavy atom. The van der Waals surface area contributed by atoms with Crippen molar-refractivity contribution in [2.75, 3.05) is 6.61 Å². The van der Waals surface area contributed by atoms with Crippen molar-refractivity contribution in [2.45, 2.75) is 50.2 Å². The van der Waals surface area contributed by atoms with Crippen molar-refractivity contribution in [2.24, 2.45) is 0 Å². The fraction of sp³-hybridized carbons (Fsp3) is 0.409. The van der Waals surface area contributed by atoms with Gasteiger partial charge in [0.05, 0.1) is 19.4 Å². The normalized spacial score (nSPS) is 21.4. The van der Waals surface area contributed by atoms with Crippen LogP contribution in [0.25, 0.3) is 0 Å². The molecule has 2 N–H and O–H groups in total. The molecule has 0 aliphatic heterocycles. The number of carbonyl (C=O) groups is 3. The molecule has 1 aliphatic carbocycles. The average molecular weight is 403 g/mol. The zero-order valence-corrected chi connectivity index (χ0v) is 16.3. The second-order valence-electron chi connectivity index (χ2n) is 6.95. The third-order valence-electron chi connectivity index (χ3n) is 4.55. The standard InChI is InChI=1S/C22H26FNO5/c1-2-29-21(28)14-18(24-19(25)8-9-20(26)27)15-22(23)12-10-17(11-13-22)16-6-4-3-5-7-16/h3-7,10-13,17-18H,2,8-9,14-15H2,1H3,(H,24,25)(H,26,27)/t17?,18-,22?/m1/s1. The summed E-state index contributed by atoms with van der Waals surface area (Å²) >= 11 is 0. The molecule has 1 atom stereocenters. The highest BCUT2D eigenvalue weighted by Gasteiger charge is 2.32. The van der Waals surface area contributed by atoms with Crippen molar-refractivity contribution in [3.05, 3.63) is 60.2 Å². The van der Waals surface area contributed by atoms with Crippen LogP contribution in [0.5, 0.6) is 0 Å². The van der Waals surface area contributed by atoms with E-state index in [0.717, 1.165) is 5.56 Å². The average Bonchev–Trinajstić information content (AvgIpc) is 2.67. The van der Waals surface area contributed by atoms with Gasteiger partial charge in [-0.05, 0) is 24.6 Å². The van der Waals surface area contributed by atoms with Gasteiger partial charge in [0.1, 0.15) is 5.67 Å². The van der Waals surface area contributed by atoms with E-state index in [2.05, 4.69) is 5.32 Å². The van der Waals surface area contributed by atoms with Gasteiger partial charge in [-0.15, -0.1) is 0 Å². The SMILES string of the molecule is CCOC(=O)C[C@H](CC1(F)C=CC(c2ccccc2)C=C1)NC(=O)CCC(=O)O. The number of alkyl halides is 1. The lowest BCUT2D eigenvalue weighted by molar-refractivity contribution is -0.144. The molecule has 1 amide bonds. The number of carboxylic acid groups (broad SMARTS) is 1. The maximum Gasteiger partial charge on any atom is 0.307 e. The fourth-order valence-corrected chi connectivity index (χ4v) is 3.17. The number of nitrogens with one attached hydrogen (secondary N) is 1. The van der Waals surface area contributed by atoms with Gasteiger partial charge in [0, 0.05) is 24.8 Å². The number of amides is 1. The van der Waals surface area contributed by atoms with Crippen molar-refractivity contribution in [3.8, 4) is 0 Å². The van der Waals surface area contributed by atoms with Crippen molar-refractivity contribution in [1.29, 1.82) is 0 Å². The Hall–Kier alpha value is -2.96. The highest BCUT2D eigenvalue weighted by atomic mass is 19.1. The van der Waals surface area contributed by atoms with Gasteiger partial charge in [-0.25, -0.2) is 4.39 Å². The first-order chi connectivity index (χ1) is 13.8. The summed E-state index contributed by atoms with van der Waals surface area (Å²) in [6.07, 6.45) is 5.46. The number of allylic oxidation sites excluding steroid dienone is 4. The summed E-state index contributed by atoms with van der Waals surface area (Å²) in [7, 11) is 0. The monoisotopic (exact) mass is 403 g/mol. The molecule has 0 fully saturated rings. The summed E-state index contributed by atoms with van der Waals surface area (Å²) in [6.45, 7) is 1.84. The zero-order chi connectivity index (χ0) is 21.3. The molecular weight excluding hydrogens is 377 g/mol. The van der Waals surface area contributed by atoms with E-state index in [-0.39, 0.29) is 38.2 Å². The highest BCUT2D eigenvalue weighted by molar-refractivity contribution is 5.81. The second kappa shape index (κ2) is 10.5. The molecule has 0 bridgehead atoms. The summed E-state index contributed by atoms with van der Waals surface area (Å²) in [6, 6.07) is 8.83. The van der Waals surface area contributed by atoms with E-state index < -0.39 is 29.6 Å². The molecule has 29 heavy (non-hydrogen) atoms. The zero-order valence-electron chi connectivity index (χ0n) is 16.3. The van der Waals surface area contributed by atoms with Crippen LogP contribution < -0.4 is 5.32 Å². The molecule has 0 aromatic heterocycles. The predicted octanol–water partition coefficient (Wildman–Crippen LogP) is 3.30. The molecule has 0 saturated carbocycles. The number of carbonyl (C=O) groups excluding carboxylic acids is 2. The molecule has 6 nitrogen and oxygen atoms in total. The van der Waals surface area contributed by atoms with Gasteiger partial charge in [0.2, 0.25) is 5.91 Å². The number of hydrogen-bond acceptors (Lipinski definition) is 4. The van der Waals surface area contributed by atoms with E-state index in [4.69, 9.17) is 9.84 Å². The molecule has 0 radical (unpaired) electrons. The first-order valence-electron chi connectivity index (χ1n) is 9.60. The van der Waals surface area contributed by atoms with Crippen LogP contribution in [-0.2, 0) is 19.1 Å². The van der Waals surface area contributed by atoms with Crippen LogP contribution in [0.4, 0.5) is 4.39 Å². The van der Waals surface area contributed by atoms with Gasteiger partial charge in [0.25, 0.3) is 0 Å². The third kappa shape index (κ3) is 7.52. The number of rotatable bonds is 10. The summed E-state index contributed by atoms with van der Waals surface area (Å²) in [5.41, 5.74) is -0.796. The minimum atomic E-state index is -1.83. The van der Waals surface area contributed by atoms with Crippen LogP contribution in [0.2, 0.25) is 0 Å². The van der Waals surface area contributed by atoms with Gasteiger partial charge in [-0.1, -0.05) is 42.5 Å². The predicted molar refractivity (Wildman–Crippen MR) is 106 cm³/mol. The van der Waals surface area contributed by atoms with E-state index in [0.29, 0.717) is 0 Å². The molecule has 0 spiro atoms. The third-order valence-corrected chi connectivity index (χ3v) is 4.55. The fourth-order valence-electron chi connectivity index (χ4n) is 3.17. The molecule has 2 rings (SSSR count). The second-order valence-corrected chi connectivity index (χ2v) is 6.95. The van der Waals surface area contributed by atoms with Crippen molar-refractivity contribution in [3.63, 3.8) is 0 Å². The van der Waals surface area contributed by atoms with Crippen LogP contribution >= 0.6 is 0 Å². The van der Waals surface area contributed by atoms with Gasteiger partial charge in [-0.3, -0.25) is 14.4 Å². The van der Waals surface area contributed by atoms with Crippen LogP contribution in [0.15, 0.2) is 54.6 Å². The molecule has 0 unspecified atom stereocenters. The largest absolute Gasteiger partial charge is 0.481 e. The van der Waals surface area contributed by atoms with Gasteiger partial charge in [-0.2, -0.15) is 0 Å². The maximum atomic E-state index is 15.3. The minimum absolute atomic E-state index is 0.0475. The molecule has 0 heterocycles. The smallest absolute Gasteiger partial charge is 0.307 e. The van der Waals surface area contributed by atoms with E-state index >= 15 is 4.39 Å². The number of halogens is 1. The quantitative estimate of drug-likeness (QED) is 0.462. The number of carboxylic acids is 1. The molecule has 156 valence electrons. The maximum absolute atomic E-state index is 15.3. The topological polar surface area (TPSA) is 92.7 Å². The van der Waals surface area contributed by atoms with Gasteiger partial charge in [0.15, 0.2) is 0 Å². The first-order valence-corrected chi connectivity index (χ1v) is 9.60. The molecular formula is C22H26FNO5.